The second-order valence-electron chi connectivity index (χ2n) is 12.4. The van der Waals surface area contributed by atoms with Gasteiger partial charge in [-0.1, -0.05) is 62.7 Å². The summed E-state index contributed by atoms with van der Waals surface area (Å²) in [5.74, 6) is 2.11. The van der Waals surface area contributed by atoms with Crippen LogP contribution in [0.2, 0.25) is 0 Å². The van der Waals surface area contributed by atoms with Crippen molar-refractivity contribution in [3.05, 3.63) is 133 Å². The van der Waals surface area contributed by atoms with Crippen molar-refractivity contribution in [1.29, 1.82) is 0 Å². The van der Waals surface area contributed by atoms with Crippen molar-refractivity contribution in [3.63, 3.8) is 0 Å². The normalized spacial score (nSPS) is 10.3. The highest BCUT2D eigenvalue weighted by Crippen LogP contribution is 2.28. The molecule has 2 heterocycles. The summed E-state index contributed by atoms with van der Waals surface area (Å²) in [4.78, 5) is 21.6. The SMILES string of the molecule is C=CC(=O)OCCCCCCOc1ccc(-c2nnc(-c3ccc(-c4ccc(CCCCC)cc4)cc3)o2)cc1.COc1ccc(C(=O)Cl)cc1.c1conn1. The second kappa shape index (κ2) is 24.4. The van der Waals surface area contributed by atoms with Gasteiger partial charge < -0.3 is 23.2 Å². The molecule has 0 saturated heterocycles. The van der Waals surface area contributed by atoms with E-state index in [2.05, 4.69) is 75.0 Å². The monoisotopic (exact) mass is 778 g/mol. The Morgan fingerprint density at radius 3 is 1.80 bits per heavy atom. The highest BCUT2D eigenvalue weighted by Gasteiger charge is 2.11. The summed E-state index contributed by atoms with van der Waals surface area (Å²) in [6.07, 6.45) is 12.8. The third-order valence-electron chi connectivity index (χ3n) is 8.33. The lowest BCUT2D eigenvalue weighted by atomic mass is 10.0. The molecule has 6 aromatic rings. The first-order valence-corrected chi connectivity index (χ1v) is 18.9. The summed E-state index contributed by atoms with van der Waals surface area (Å²) in [6, 6.07) is 31.4. The predicted molar refractivity (Wildman–Crippen MR) is 216 cm³/mol. The minimum absolute atomic E-state index is 0.368. The fourth-order valence-electron chi connectivity index (χ4n) is 5.24. The van der Waals surface area contributed by atoms with Gasteiger partial charge in [-0.2, -0.15) is 0 Å². The van der Waals surface area contributed by atoms with Crippen LogP contribution in [0.15, 0.2) is 131 Å². The molecule has 0 saturated carbocycles. The number of aromatic nitrogens is 4. The molecule has 2 aromatic heterocycles. The van der Waals surface area contributed by atoms with E-state index < -0.39 is 5.24 Å². The lowest BCUT2D eigenvalue weighted by Gasteiger charge is -2.06. The number of aryl methyl sites for hydroxylation is 1. The van der Waals surface area contributed by atoms with Crippen molar-refractivity contribution >= 4 is 22.8 Å². The van der Waals surface area contributed by atoms with Crippen LogP contribution in [0.4, 0.5) is 0 Å². The smallest absolute Gasteiger partial charge is 0.330 e. The minimum atomic E-state index is -0.451. The second-order valence-corrected chi connectivity index (χ2v) is 12.7. The molecule has 0 radical (unpaired) electrons. The third-order valence-corrected chi connectivity index (χ3v) is 8.55. The quantitative estimate of drug-likeness (QED) is 0.0356. The summed E-state index contributed by atoms with van der Waals surface area (Å²) in [7, 11) is 1.57. The average Bonchev–Trinajstić information content (AvgIpc) is 4.00. The zero-order chi connectivity index (χ0) is 39.8. The Hall–Kier alpha value is -6.07. The maximum Gasteiger partial charge on any atom is 0.330 e. The molecule has 0 aliphatic rings. The van der Waals surface area contributed by atoms with E-state index in [-0.39, 0.29) is 5.97 Å². The zero-order valence-corrected chi connectivity index (χ0v) is 32.5. The number of unbranched alkanes of at least 4 members (excludes halogenated alkanes) is 5. The molecule has 0 atom stereocenters. The van der Waals surface area contributed by atoms with Crippen molar-refractivity contribution in [2.45, 2.75) is 58.3 Å². The highest BCUT2D eigenvalue weighted by atomic mass is 35.5. The van der Waals surface area contributed by atoms with E-state index in [4.69, 9.17) is 30.2 Å². The molecule has 0 spiro atoms. The van der Waals surface area contributed by atoms with Gasteiger partial charge in [0.2, 0.25) is 11.8 Å². The Balaban J connectivity index is 0.000000358. The van der Waals surface area contributed by atoms with Gasteiger partial charge in [-0.05, 0) is 127 Å². The zero-order valence-electron chi connectivity index (χ0n) is 31.8. The van der Waals surface area contributed by atoms with Gasteiger partial charge >= 0.3 is 5.97 Å². The Bertz CT molecular complexity index is 1980. The van der Waals surface area contributed by atoms with Crippen LogP contribution in [0.1, 0.15) is 67.8 Å². The molecular formula is C44H47ClN4O7. The number of hydrogen-bond acceptors (Lipinski definition) is 11. The fraction of sp³-hybridized carbons (Fsp3) is 0.273. The Morgan fingerprint density at radius 2 is 1.29 bits per heavy atom. The molecule has 4 aromatic carbocycles. The molecule has 6 rings (SSSR count). The summed E-state index contributed by atoms with van der Waals surface area (Å²) >= 11 is 5.22. The van der Waals surface area contributed by atoms with Gasteiger partial charge in [0, 0.05) is 28.0 Å². The van der Waals surface area contributed by atoms with Gasteiger partial charge in [0.25, 0.3) is 5.24 Å². The Morgan fingerprint density at radius 1 is 0.714 bits per heavy atom. The minimum Gasteiger partial charge on any atom is -0.497 e. The van der Waals surface area contributed by atoms with Crippen LogP contribution in [-0.2, 0) is 16.0 Å². The van der Waals surface area contributed by atoms with E-state index in [9.17, 15) is 9.59 Å². The largest absolute Gasteiger partial charge is 0.497 e. The first-order valence-electron chi connectivity index (χ1n) is 18.5. The van der Waals surface area contributed by atoms with Crippen molar-refractivity contribution in [3.8, 4) is 45.5 Å². The Labute approximate surface area is 332 Å². The van der Waals surface area contributed by atoms with E-state index in [1.165, 1.54) is 48.9 Å². The highest BCUT2D eigenvalue weighted by molar-refractivity contribution is 6.67. The van der Waals surface area contributed by atoms with Crippen LogP contribution < -0.4 is 9.47 Å². The van der Waals surface area contributed by atoms with Crippen LogP contribution >= 0.6 is 11.6 Å². The van der Waals surface area contributed by atoms with E-state index in [1.54, 1.807) is 31.4 Å². The summed E-state index contributed by atoms with van der Waals surface area (Å²) in [6.45, 7) is 6.69. The van der Waals surface area contributed by atoms with Crippen molar-refractivity contribution in [2.24, 2.45) is 0 Å². The van der Waals surface area contributed by atoms with Crippen LogP contribution in [-0.4, -0.2) is 52.1 Å². The molecule has 56 heavy (non-hydrogen) atoms. The summed E-state index contributed by atoms with van der Waals surface area (Å²) < 4.78 is 25.9. The first kappa shape index (κ1) is 42.7. The number of carbonyl (C=O) groups is 2. The topological polar surface area (TPSA) is 140 Å². The molecule has 0 aliphatic heterocycles. The van der Waals surface area contributed by atoms with Gasteiger partial charge in [-0.25, -0.2) is 4.79 Å². The van der Waals surface area contributed by atoms with Crippen LogP contribution in [0.3, 0.4) is 0 Å². The summed E-state index contributed by atoms with van der Waals surface area (Å²) in [5.41, 5.74) is 5.96. The Kier molecular flexibility index (Phi) is 18.6. The molecule has 0 bridgehead atoms. The predicted octanol–water partition coefficient (Wildman–Crippen LogP) is 10.6. The van der Waals surface area contributed by atoms with Gasteiger partial charge in [0.05, 0.1) is 26.5 Å². The number of hydrogen-bond donors (Lipinski definition) is 0. The molecular weight excluding hydrogens is 732 g/mol. The number of nitrogens with zero attached hydrogens (tertiary/aromatic N) is 4. The van der Waals surface area contributed by atoms with E-state index in [0.29, 0.717) is 36.3 Å². The van der Waals surface area contributed by atoms with Crippen LogP contribution in [0.25, 0.3) is 34.0 Å². The van der Waals surface area contributed by atoms with E-state index in [0.717, 1.165) is 54.5 Å². The van der Waals surface area contributed by atoms with Crippen LogP contribution in [0.5, 0.6) is 11.5 Å². The first-order chi connectivity index (χ1) is 27.4. The molecule has 11 nitrogen and oxygen atoms in total. The van der Waals surface area contributed by atoms with Crippen molar-refractivity contribution in [1.82, 2.24) is 20.6 Å². The number of methoxy groups -OCH3 is 1. The number of halogens is 1. The number of carbonyl (C=O) groups excluding carboxylic acids is 2. The average molecular weight is 779 g/mol. The molecule has 0 aliphatic carbocycles. The van der Waals surface area contributed by atoms with Gasteiger partial charge in [-0.15, -0.1) is 15.3 Å². The number of esters is 1. The number of ether oxygens (including phenoxy) is 3. The third kappa shape index (κ3) is 15.0. The maximum absolute atomic E-state index is 11.0. The molecule has 0 unspecified atom stereocenters. The molecule has 292 valence electrons. The van der Waals surface area contributed by atoms with Crippen LogP contribution in [0, 0.1) is 0 Å². The molecule has 0 N–H and O–H groups in total. The maximum atomic E-state index is 11.0. The van der Waals surface area contributed by atoms with E-state index >= 15 is 0 Å². The van der Waals surface area contributed by atoms with Crippen molar-refractivity contribution < 1.29 is 32.7 Å². The van der Waals surface area contributed by atoms with Gasteiger partial charge in [0.1, 0.15) is 17.8 Å². The standard InChI is InChI=1S/C34H38N2O4.C8H7ClO2.C2H2N2O/c1-3-5-8-11-26-12-14-27(15-13-26)28-16-18-29(19-17-28)33-35-36-34(40-33)30-20-22-31(23-21-30)38-24-9-6-7-10-25-39-32(37)4-2;1-11-7-4-2-6(3-5-7)8(9)10;1-2-5-4-3-1/h4,12-23H,2-3,5-11,24-25H2,1H3;2-5H,1H3;1-2H. The van der Waals surface area contributed by atoms with E-state index in [1.807, 2.05) is 36.4 Å². The fourth-order valence-corrected chi connectivity index (χ4v) is 5.36. The number of benzene rings is 4. The number of rotatable bonds is 18. The lowest BCUT2D eigenvalue weighted by Crippen LogP contribution is -2.02. The van der Waals surface area contributed by atoms with Gasteiger partial charge in [0.15, 0.2) is 0 Å². The van der Waals surface area contributed by atoms with Crippen molar-refractivity contribution in [2.75, 3.05) is 20.3 Å². The lowest BCUT2D eigenvalue weighted by molar-refractivity contribution is -0.137. The molecule has 0 fully saturated rings. The summed E-state index contributed by atoms with van der Waals surface area (Å²) in [5, 5.41) is 14.5. The van der Waals surface area contributed by atoms with Gasteiger partial charge in [-0.3, -0.25) is 4.79 Å². The molecule has 0 amide bonds. The molecule has 12 heteroatoms.